The number of para-hydroxylation sites is 1. The zero-order chi connectivity index (χ0) is 21.7. The van der Waals surface area contributed by atoms with Gasteiger partial charge in [-0.2, -0.15) is 4.98 Å². The Morgan fingerprint density at radius 1 is 1.03 bits per heavy atom. The van der Waals surface area contributed by atoms with Gasteiger partial charge in [0.2, 0.25) is 5.95 Å². The number of halogens is 1. The molecule has 1 aliphatic heterocycles. The van der Waals surface area contributed by atoms with Crippen LogP contribution in [0.25, 0.3) is 11.2 Å². The Balaban J connectivity index is 1.72. The molecule has 0 saturated heterocycles. The maximum atomic E-state index is 13.5. The first-order chi connectivity index (χ1) is 14.9. The third kappa shape index (κ3) is 3.25. The van der Waals surface area contributed by atoms with E-state index >= 15 is 0 Å². The van der Waals surface area contributed by atoms with Crippen molar-refractivity contribution in [2.24, 2.45) is 13.0 Å². The predicted molar refractivity (Wildman–Crippen MR) is 122 cm³/mol. The highest BCUT2D eigenvalue weighted by Gasteiger charge is 2.29. The Labute approximate surface area is 183 Å². The van der Waals surface area contributed by atoms with Gasteiger partial charge in [-0.05, 0) is 35.7 Å². The molecule has 0 N–H and O–H groups in total. The van der Waals surface area contributed by atoms with Gasteiger partial charge in [0.25, 0.3) is 5.56 Å². The summed E-state index contributed by atoms with van der Waals surface area (Å²) in [6.45, 7) is 3.79. The summed E-state index contributed by atoms with van der Waals surface area (Å²) in [6, 6.07) is 17.1. The lowest BCUT2D eigenvalue weighted by Crippen LogP contribution is -2.40. The summed E-state index contributed by atoms with van der Waals surface area (Å²) >= 11 is 5.97. The van der Waals surface area contributed by atoms with Crippen LogP contribution in [0, 0.1) is 5.92 Å². The number of hydrogen-bond acceptors (Lipinski definition) is 4. The van der Waals surface area contributed by atoms with Crippen molar-refractivity contribution in [2.45, 2.75) is 20.0 Å². The van der Waals surface area contributed by atoms with Gasteiger partial charge in [0, 0.05) is 30.8 Å². The summed E-state index contributed by atoms with van der Waals surface area (Å²) in [5.41, 5.74) is 2.00. The molecule has 8 heteroatoms. The highest BCUT2D eigenvalue weighted by Crippen LogP contribution is 2.32. The van der Waals surface area contributed by atoms with E-state index in [0.717, 1.165) is 17.8 Å². The molecule has 0 saturated carbocycles. The van der Waals surface area contributed by atoms with Gasteiger partial charge in [-0.1, -0.05) is 48.9 Å². The van der Waals surface area contributed by atoms with E-state index in [9.17, 15) is 9.59 Å². The average molecular weight is 436 g/mol. The molecule has 5 rings (SSSR count). The van der Waals surface area contributed by atoms with E-state index in [1.165, 1.54) is 9.13 Å². The molecule has 3 heterocycles. The lowest BCUT2D eigenvalue weighted by atomic mass is 10.1. The van der Waals surface area contributed by atoms with E-state index in [2.05, 4.69) is 11.8 Å². The fourth-order valence-corrected chi connectivity index (χ4v) is 4.37. The first kappa shape index (κ1) is 19.6. The van der Waals surface area contributed by atoms with Gasteiger partial charge < -0.3 is 9.47 Å². The van der Waals surface area contributed by atoms with Crippen LogP contribution in [0.4, 0.5) is 11.6 Å². The number of nitrogens with zero attached hydrogens (tertiary/aromatic N) is 5. The molecule has 1 aliphatic rings. The van der Waals surface area contributed by atoms with Crippen LogP contribution in [0.15, 0.2) is 64.2 Å². The minimum Gasteiger partial charge on any atom is -0.312 e. The van der Waals surface area contributed by atoms with Gasteiger partial charge in [-0.25, -0.2) is 4.79 Å². The molecule has 31 heavy (non-hydrogen) atoms. The summed E-state index contributed by atoms with van der Waals surface area (Å²) in [6.07, 6.45) is 0. The van der Waals surface area contributed by atoms with Gasteiger partial charge in [-0.3, -0.25) is 13.9 Å². The molecule has 1 unspecified atom stereocenters. The third-order valence-corrected chi connectivity index (χ3v) is 6.02. The Morgan fingerprint density at radius 2 is 1.74 bits per heavy atom. The molecule has 1 atom stereocenters. The van der Waals surface area contributed by atoms with Crippen LogP contribution in [-0.2, 0) is 20.1 Å². The van der Waals surface area contributed by atoms with E-state index < -0.39 is 0 Å². The molecule has 0 aliphatic carbocycles. The largest absolute Gasteiger partial charge is 0.332 e. The number of benzene rings is 2. The first-order valence-electron chi connectivity index (χ1n) is 10.2. The maximum Gasteiger partial charge on any atom is 0.332 e. The monoisotopic (exact) mass is 435 g/mol. The van der Waals surface area contributed by atoms with Crippen molar-refractivity contribution in [1.82, 2.24) is 18.7 Å². The fourth-order valence-electron chi connectivity index (χ4n) is 4.24. The molecule has 0 bridgehead atoms. The van der Waals surface area contributed by atoms with Gasteiger partial charge in [0.05, 0.1) is 6.54 Å². The van der Waals surface area contributed by atoms with Crippen LogP contribution in [0.2, 0.25) is 5.02 Å². The van der Waals surface area contributed by atoms with E-state index in [-0.39, 0.29) is 17.8 Å². The molecule has 0 amide bonds. The van der Waals surface area contributed by atoms with Crippen LogP contribution in [0.1, 0.15) is 12.5 Å². The fraction of sp³-hybridized carbons (Fsp3) is 0.261. The second-order valence-corrected chi connectivity index (χ2v) is 8.54. The second kappa shape index (κ2) is 7.42. The van der Waals surface area contributed by atoms with Gasteiger partial charge in [0.15, 0.2) is 11.2 Å². The summed E-state index contributed by atoms with van der Waals surface area (Å²) in [7, 11) is 1.66. The number of aromatic nitrogens is 4. The number of aryl methyl sites for hydroxylation is 1. The van der Waals surface area contributed by atoms with Gasteiger partial charge in [0.1, 0.15) is 0 Å². The van der Waals surface area contributed by atoms with Gasteiger partial charge >= 0.3 is 5.69 Å². The lowest BCUT2D eigenvalue weighted by Gasteiger charge is -2.32. The van der Waals surface area contributed by atoms with Crippen molar-refractivity contribution in [3.63, 3.8) is 0 Å². The Kier molecular flexibility index (Phi) is 4.70. The van der Waals surface area contributed by atoms with Crippen molar-refractivity contribution in [3.05, 3.63) is 86.0 Å². The van der Waals surface area contributed by atoms with Crippen LogP contribution in [-0.4, -0.2) is 25.2 Å². The normalized spacial score (nSPS) is 16.0. The van der Waals surface area contributed by atoms with Crippen molar-refractivity contribution in [3.8, 4) is 0 Å². The smallest absolute Gasteiger partial charge is 0.312 e. The summed E-state index contributed by atoms with van der Waals surface area (Å²) in [5, 5.41) is 0.610. The first-order valence-corrected chi connectivity index (χ1v) is 10.6. The van der Waals surface area contributed by atoms with E-state index in [1.54, 1.807) is 19.2 Å². The summed E-state index contributed by atoms with van der Waals surface area (Å²) in [5.74, 6) is 1.00. The topological polar surface area (TPSA) is 65.1 Å². The molecule has 4 aromatic rings. The lowest BCUT2D eigenvalue weighted by molar-refractivity contribution is 0.458. The van der Waals surface area contributed by atoms with Crippen LogP contribution >= 0.6 is 11.6 Å². The standard InChI is InChI=1S/C23H22ClN5O2/c1-15-12-27(18-6-4-3-5-7-18)22-25-20-19(28(22)13-15)21(30)29(23(31)26(20)2)14-16-8-10-17(24)11-9-16/h3-11,15H,12-14H2,1-2H3. The third-order valence-electron chi connectivity index (χ3n) is 5.76. The molecule has 7 nitrogen and oxygen atoms in total. The Morgan fingerprint density at radius 3 is 2.45 bits per heavy atom. The number of imidazole rings is 1. The van der Waals surface area contributed by atoms with Crippen molar-refractivity contribution >= 4 is 34.4 Å². The molecule has 0 fully saturated rings. The minimum atomic E-state index is -0.387. The number of hydrogen-bond donors (Lipinski definition) is 0. The molecule has 158 valence electrons. The van der Waals surface area contributed by atoms with Crippen LogP contribution in [0.5, 0.6) is 0 Å². The maximum absolute atomic E-state index is 13.5. The minimum absolute atomic E-state index is 0.178. The second-order valence-electron chi connectivity index (χ2n) is 8.11. The molecule has 2 aromatic heterocycles. The number of fused-ring (bicyclic) bond motifs is 3. The SMILES string of the molecule is CC1CN(c2ccccc2)c2nc3c(c(=O)n(Cc4ccc(Cl)cc4)c(=O)n3C)n2C1. The molecular weight excluding hydrogens is 414 g/mol. The van der Waals surface area contributed by atoms with E-state index in [4.69, 9.17) is 16.6 Å². The number of rotatable bonds is 3. The highest BCUT2D eigenvalue weighted by molar-refractivity contribution is 6.30. The van der Waals surface area contributed by atoms with Crippen molar-refractivity contribution in [2.75, 3.05) is 11.4 Å². The molecule has 0 spiro atoms. The van der Waals surface area contributed by atoms with Crippen LogP contribution in [0.3, 0.4) is 0 Å². The molecule has 0 radical (unpaired) electrons. The zero-order valence-electron chi connectivity index (χ0n) is 17.3. The van der Waals surface area contributed by atoms with Crippen molar-refractivity contribution in [1.29, 1.82) is 0 Å². The van der Waals surface area contributed by atoms with E-state index in [0.29, 0.717) is 34.6 Å². The van der Waals surface area contributed by atoms with E-state index in [1.807, 2.05) is 47.0 Å². The van der Waals surface area contributed by atoms with Crippen molar-refractivity contribution < 1.29 is 0 Å². The number of anilines is 2. The zero-order valence-corrected chi connectivity index (χ0v) is 18.1. The highest BCUT2D eigenvalue weighted by atomic mass is 35.5. The quantitative estimate of drug-likeness (QED) is 0.495. The average Bonchev–Trinajstić information content (AvgIpc) is 3.16. The summed E-state index contributed by atoms with van der Waals surface area (Å²) < 4.78 is 4.69. The Bertz CT molecular complexity index is 1390. The molecule has 2 aromatic carbocycles. The summed E-state index contributed by atoms with van der Waals surface area (Å²) in [4.78, 5) is 33.4. The van der Waals surface area contributed by atoms with Crippen LogP contribution < -0.4 is 16.1 Å². The van der Waals surface area contributed by atoms with Gasteiger partial charge in [-0.15, -0.1) is 0 Å². The Hall–Kier alpha value is -3.32. The predicted octanol–water partition coefficient (Wildman–Crippen LogP) is 3.39. The molecular formula is C23H22ClN5O2.